The van der Waals surface area contributed by atoms with E-state index in [1.54, 1.807) is 6.07 Å². The summed E-state index contributed by atoms with van der Waals surface area (Å²) in [5.74, 6) is 0.0131. The standard InChI is InChI=1S/C5H5N3O3S/c6-2-3-1-4(7)8-5(3)12(9,10)11/h1,8H,7H2,(H,9,10,11). The van der Waals surface area contributed by atoms with E-state index in [1.807, 2.05) is 0 Å². The van der Waals surface area contributed by atoms with Crippen LogP contribution in [0, 0.1) is 11.3 Å². The van der Waals surface area contributed by atoms with Gasteiger partial charge in [-0.25, -0.2) is 0 Å². The van der Waals surface area contributed by atoms with Gasteiger partial charge >= 0.3 is 10.1 Å². The molecule has 0 radical (unpaired) electrons. The average molecular weight is 187 g/mol. The summed E-state index contributed by atoms with van der Waals surface area (Å²) in [7, 11) is -4.38. The van der Waals surface area contributed by atoms with Gasteiger partial charge in [-0.2, -0.15) is 13.7 Å². The SMILES string of the molecule is N#Cc1cc(N)[nH]c1S(=O)(=O)O. The predicted octanol–water partition coefficient (Wildman–Crippen LogP) is -0.285. The van der Waals surface area contributed by atoms with Crippen LogP contribution in [-0.4, -0.2) is 18.0 Å². The number of nitrogens with one attached hydrogen (secondary N) is 1. The maximum Gasteiger partial charge on any atom is 0.311 e. The number of H-pyrrole nitrogens is 1. The van der Waals surface area contributed by atoms with Gasteiger partial charge in [0.05, 0.1) is 5.56 Å². The molecule has 0 saturated carbocycles. The van der Waals surface area contributed by atoms with Gasteiger partial charge in [0.1, 0.15) is 11.9 Å². The maximum atomic E-state index is 10.5. The molecule has 0 atom stereocenters. The molecular formula is C5H5N3O3S. The molecule has 0 spiro atoms. The van der Waals surface area contributed by atoms with Gasteiger partial charge < -0.3 is 10.7 Å². The number of rotatable bonds is 1. The lowest BCUT2D eigenvalue weighted by Crippen LogP contribution is -2.00. The number of hydrogen-bond donors (Lipinski definition) is 3. The molecule has 1 aromatic rings. The summed E-state index contributed by atoms with van der Waals surface area (Å²) < 4.78 is 29.6. The zero-order valence-corrected chi connectivity index (χ0v) is 6.59. The van der Waals surface area contributed by atoms with Gasteiger partial charge in [-0.3, -0.25) is 4.55 Å². The summed E-state index contributed by atoms with van der Waals surface area (Å²) in [6.45, 7) is 0. The topological polar surface area (TPSA) is 120 Å². The fourth-order valence-electron chi connectivity index (χ4n) is 0.742. The van der Waals surface area contributed by atoms with Crippen molar-refractivity contribution >= 4 is 15.9 Å². The van der Waals surface area contributed by atoms with Gasteiger partial charge in [-0.05, 0) is 6.07 Å². The van der Waals surface area contributed by atoms with Gasteiger partial charge in [0.25, 0.3) is 0 Å². The lowest BCUT2D eigenvalue weighted by molar-refractivity contribution is 0.480. The Morgan fingerprint density at radius 1 is 1.67 bits per heavy atom. The molecule has 4 N–H and O–H groups in total. The molecule has 1 heterocycles. The van der Waals surface area contributed by atoms with Crippen LogP contribution in [0.5, 0.6) is 0 Å². The second kappa shape index (κ2) is 2.51. The van der Waals surface area contributed by atoms with Crippen LogP contribution < -0.4 is 5.73 Å². The third-order valence-electron chi connectivity index (χ3n) is 1.18. The number of nitrogens with two attached hydrogens (primary N) is 1. The summed E-state index contributed by atoms with van der Waals surface area (Å²) in [6, 6.07) is 2.70. The Kier molecular flexibility index (Phi) is 1.79. The Hall–Kier alpha value is -1.52. The summed E-state index contributed by atoms with van der Waals surface area (Å²) in [4.78, 5) is 2.15. The highest BCUT2D eigenvalue weighted by Crippen LogP contribution is 2.15. The molecule has 0 aliphatic carbocycles. The van der Waals surface area contributed by atoms with Gasteiger partial charge in [0.15, 0.2) is 5.03 Å². The number of nitrogens with zero attached hydrogens (tertiary/aromatic N) is 1. The van der Waals surface area contributed by atoms with E-state index in [9.17, 15) is 8.42 Å². The molecule has 0 fully saturated rings. The van der Waals surface area contributed by atoms with Crippen molar-refractivity contribution in [2.45, 2.75) is 5.03 Å². The lowest BCUT2D eigenvalue weighted by atomic mass is 10.4. The van der Waals surface area contributed by atoms with Crippen LogP contribution >= 0.6 is 0 Å². The maximum absolute atomic E-state index is 10.5. The first-order valence-electron chi connectivity index (χ1n) is 2.81. The normalized spacial score (nSPS) is 11.0. The van der Waals surface area contributed by atoms with E-state index >= 15 is 0 Å². The van der Waals surface area contributed by atoms with E-state index in [4.69, 9.17) is 15.5 Å². The molecule has 1 rings (SSSR count). The van der Waals surface area contributed by atoms with Crippen molar-refractivity contribution in [3.8, 4) is 6.07 Å². The fourth-order valence-corrected chi connectivity index (χ4v) is 1.37. The molecule has 7 heteroatoms. The van der Waals surface area contributed by atoms with Crippen LogP contribution in [0.25, 0.3) is 0 Å². The van der Waals surface area contributed by atoms with Gasteiger partial charge in [0.2, 0.25) is 0 Å². The molecule has 0 aromatic carbocycles. The van der Waals surface area contributed by atoms with Crippen LogP contribution in [0.3, 0.4) is 0 Å². The van der Waals surface area contributed by atoms with Gasteiger partial charge in [-0.1, -0.05) is 0 Å². The van der Waals surface area contributed by atoms with Crippen LogP contribution in [0.2, 0.25) is 0 Å². The molecule has 0 amide bonds. The number of nitrogen functional groups attached to an aromatic ring is 1. The smallest absolute Gasteiger partial charge is 0.311 e. The summed E-state index contributed by atoms with van der Waals surface area (Å²) in [6.07, 6.45) is 0. The minimum atomic E-state index is -4.38. The Balaban J connectivity index is 3.46. The van der Waals surface area contributed by atoms with Crippen molar-refractivity contribution in [2.75, 3.05) is 5.73 Å². The first kappa shape index (κ1) is 8.58. The molecule has 0 aliphatic heterocycles. The summed E-state index contributed by atoms with van der Waals surface area (Å²) in [5, 5.41) is 7.83. The van der Waals surface area contributed by atoms with Crippen molar-refractivity contribution in [3.63, 3.8) is 0 Å². The number of aromatic nitrogens is 1. The van der Waals surface area contributed by atoms with E-state index in [0.717, 1.165) is 6.07 Å². The molecule has 6 nitrogen and oxygen atoms in total. The Morgan fingerprint density at radius 2 is 2.25 bits per heavy atom. The second-order valence-electron chi connectivity index (χ2n) is 2.05. The predicted molar refractivity (Wildman–Crippen MR) is 39.7 cm³/mol. The number of hydrogen-bond acceptors (Lipinski definition) is 4. The quantitative estimate of drug-likeness (QED) is 0.522. The third-order valence-corrected chi connectivity index (χ3v) is 2.02. The van der Waals surface area contributed by atoms with Crippen molar-refractivity contribution in [1.82, 2.24) is 4.98 Å². The zero-order chi connectivity index (χ0) is 9.35. The van der Waals surface area contributed by atoms with Crippen molar-refractivity contribution in [3.05, 3.63) is 11.6 Å². The highest BCUT2D eigenvalue weighted by molar-refractivity contribution is 7.85. The van der Waals surface area contributed by atoms with E-state index in [-0.39, 0.29) is 11.4 Å². The molecule has 64 valence electrons. The summed E-state index contributed by atoms with van der Waals surface area (Å²) in [5.41, 5.74) is 4.97. The van der Waals surface area contributed by atoms with Crippen molar-refractivity contribution in [1.29, 1.82) is 5.26 Å². The largest absolute Gasteiger partial charge is 0.385 e. The molecule has 0 bridgehead atoms. The first-order valence-corrected chi connectivity index (χ1v) is 4.25. The van der Waals surface area contributed by atoms with Crippen LogP contribution in [0.4, 0.5) is 5.82 Å². The van der Waals surface area contributed by atoms with Gasteiger partial charge in [-0.15, -0.1) is 0 Å². The minimum Gasteiger partial charge on any atom is -0.385 e. The highest BCUT2D eigenvalue weighted by atomic mass is 32.2. The molecule has 0 saturated heterocycles. The molecule has 0 unspecified atom stereocenters. The monoisotopic (exact) mass is 187 g/mol. The second-order valence-corrected chi connectivity index (χ2v) is 3.41. The van der Waals surface area contributed by atoms with E-state index in [1.165, 1.54) is 0 Å². The van der Waals surface area contributed by atoms with E-state index in [2.05, 4.69) is 4.98 Å². The first-order chi connectivity index (χ1) is 5.45. The van der Waals surface area contributed by atoms with Crippen molar-refractivity contribution in [2.24, 2.45) is 0 Å². The number of nitriles is 1. The van der Waals surface area contributed by atoms with Crippen LogP contribution in [0.15, 0.2) is 11.1 Å². The van der Waals surface area contributed by atoms with Crippen LogP contribution in [0.1, 0.15) is 5.56 Å². The number of aromatic amines is 1. The third kappa shape index (κ3) is 1.39. The Morgan fingerprint density at radius 3 is 2.58 bits per heavy atom. The molecule has 12 heavy (non-hydrogen) atoms. The van der Waals surface area contributed by atoms with Crippen molar-refractivity contribution < 1.29 is 13.0 Å². The Bertz CT molecular complexity index is 439. The molecule has 0 aliphatic rings. The average Bonchev–Trinajstić information content (AvgIpc) is 2.29. The van der Waals surface area contributed by atoms with E-state index in [0.29, 0.717) is 0 Å². The molecule has 1 aromatic heterocycles. The van der Waals surface area contributed by atoms with Gasteiger partial charge in [0, 0.05) is 0 Å². The number of anilines is 1. The fraction of sp³-hybridized carbons (Fsp3) is 0. The molecular weight excluding hydrogens is 182 g/mol. The zero-order valence-electron chi connectivity index (χ0n) is 5.77. The van der Waals surface area contributed by atoms with Crippen LogP contribution in [-0.2, 0) is 10.1 Å². The summed E-state index contributed by atoms with van der Waals surface area (Å²) >= 11 is 0. The minimum absolute atomic E-state index is 0.0131. The highest BCUT2D eigenvalue weighted by Gasteiger charge is 2.17. The lowest BCUT2D eigenvalue weighted by Gasteiger charge is -1.90. The van der Waals surface area contributed by atoms with E-state index < -0.39 is 15.1 Å². The Labute approximate surface area is 68.4 Å².